The van der Waals surface area contributed by atoms with Gasteiger partial charge in [0.1, 0.15) is 0 Å². The second-order valence-corrected chi connectivity index (χ2v) is 3.93. The fraction of sp³-hybridized carbons (Fsp3) is 0.533. The predicted molar refractivity (Wildman–Crippen MR) is 81.8 cm³/mol. The van der Waals surface area contributed by atoms with E-state index in [1.807, 2.05) is 46.3 Å². The summed E-state index contributed by atoms with van der Waals surface area (Å²) >= 11 is 0. The van der Waals surface area contributed by atoms with Gasteiger partial charge in [-0.25, -0.2) is 4.99 Å². The zero-order valence-corrected chi connectivity index (χ0v) is 12.5. The lowest BCUT2D eigenvalue weighted by molar-refractivity contribution is 0.364. The quantitative estimate of drug-likeness (QED) is 0.699. The molecule has 0 amide bonds. The largest absolute Gasteiger partial charge is 0.371 e. The molecule has 1 heterocycles. The Bertz CT molecular complexity index is 327. The van der Waals surface area contributed by atoms with Crippen molar-refractivity contribution in [3.05, 3.63) is 36.2 Å². The van der Waals surface area contributed by atoms with E-state index in [2.05, 4.69) is 34.5 Å². The van der Waals surface area contributed by atoms with Gasteiger partial charge in [0.25, 0.3) is 0 Å². The first-order valence-corrected chi connectivity index (χ1v) is 6.62. The average molecular weight is 249 g/mol. The van der Waals surface area contributed by atoms with E-state index in [-0.39, 0.29) is 0 Å². The Hall–Kier alpha value is -1.51. The summed E-state index contributed by atoms with van der Waals surface area (Å²) < 4.78 is 0. The van der Waals surface area contributed by atoms with Crippen LogP contribution >= 0.6 is 0 Å². The topological polar surface area (TPSA) is 18.8 Å². The SMILES string of the molecule is C=CCC=C1/C(=C\C)N=CN(C)CCN1C.CC. The van der Waals surface area contributed by atoms with E-state index in [1.165, 1.54) is 5.70 Å². The number of hydrogen-bond donors (Lipinski definition) is 0. The predicted octanol–water partition coefficient (Wildman–Crippen LogP) is 3.28. The zero-order valence-electron chi connectivity index (χ0n) is 12.5. The third-order valence-corrected chi connectivity index (χ3v) is 2.61. The Kier molecular flexibility index (Phi) is 8.71. The monoisotopic (exact) mass is 249 g/mol. The Labute approximate surface area is 112 Å². The molecular formula is C15H27N3. The Morgan fingerprint density at radius 2 is 2.00 bits per heavy atom. The summed E-state index contributed by atoms with van der Waals surface area (Å²) in [7, 11) is 4.15. The van der Waals surface area contributed by atoms with Crippen LogP contribution in [-0.2, 0) is 0 Å². The minimum atomic E-state index is 0.877. The normalized spacial score (nSPS) is 20.3. The van der Waals surface area contributed by atoms with Crippen LogP contribution in [0.3, 0.4) is 0 Å². The number of nitrogens with zero attached hydrogens (tertiary/aromatic N) is 3. The van der Waals surface area contributed by atoms with Gasteiger partial charge in [-0.05, 0) is 13.3 Å². The minimum Gasteiger partial charge on any atom is -0.371 e. The van der Waals surface area contributed by atoms with E-state index in [4.69, 9.17) is 0 Å². The van der Waals surface area contributed by atoms with Crippen LogP contribution in [0.15, 0.2) is 41.2 Å². The number of aliphatic imine (C=N–C) groups is 1. The molecule has 0 fully saturated rings. The smallest absolute Gasteiger partial charge is 0.0911 e. The third kappa shape index (κ3) is 5.21. The number of likely N-dealkylation sites (N-methyl/N-ethyl adjacent to an activating group) is 2. The molecule has 0 unspecified atom stereocenters. The highest BCUT2D eigenvalue weighted by Gasteiger charge is 2.11. The van der Waals surface area contributed by atoms with Crippen LogP contribution in [0.5, 0.6) is 0 Å². The molecule has 1 aliphatic rings. The highest BCUT2D eigenvalue weighted by molar-refractivity contribution is 5.58. The van der Waals surface area contributed by atoms with Crippen molar-refractivity contribution >= 4 is 6.34 Å². The van der Waals surface area contributed by atoms with Crippen LogP contribution < -0.4 is 0 Å². The van der Waals surface area contributed by atoms with Crippen LogP contribution in [0.4, 0.5) is 0 Å². The van der Waals surface area contributed by atoms with Gasteiger partial charge in [-0.15, -0.1) is 6.58 Å². The van der Waals surface area contributed by atoms with Gasteiger partial charge in [-0.3, -0.25) is 0 Å². The maximum atomic E-state index is 4.49. The molecule has 0 radical (unpaired) electrons. The van der Waals surface area contributed by atoms with Crippen molar-refractivity contribution in [3.63, 3.8) is 0 Å². The van der Waals surface area contributed by atoms with E-state index in [0.717, 1.165) is 25.2 Å². The molecule has 0 aliphatic carbocycles. The molecule has 0 aromatic carbocycles. The lowest BCUT2D eigenvalue weighted by Gasteiger charge is -2.28. The molecule has 0 aromatic heterocycles. The van der Waals surface area contributed by atoms with Gasteiger partial charge in [0.2, 0.25) is 0 Å². The summed E-state index contributed by atoms with van der Waals surface area (Å²) in [5, 5.41) is 0. The summed E-state index contributed by atoms with van der Waals surface area (Å²) in [4.78, 5) is 8.83. The van der Waals surface area contributed by atoms with Crippen molar-refractivity contribution in [1.29, 1.82) is 0 Å². The molecule has 3 nitrogen and oxygen atoms in total. The number of rotatable bonds is 2. The fourth-order valence-electron chi connectivity index (χ4n) is 1.59. The van der Waals surface area contributed by atoms with E-state index in [9.17, 15) is 0 Å². The van der Waals surface area contributed by atoms with Gasteiger partial charge in [0.15, 0.2) is 0 Å². The van der Waals surface area contributed by atoms with Gasteiger partial charge in [0, 0.05) is 27.2 Å². The summed E-state index contributed by atoms with van der Waals surface area (Å²) in [6, 6.07) is 0. The van der Waals surface area contributed by atoms with Crippen LogP contribution in [0.2, 0.25) is 0 Å². The second kappa shape index (κ2) is 9.51. The Balaban J connectivity index is 0.00000137. The third-order valence-electron chi connectivity index (χ3n) is 2.61. The first-order chi connectivity index (χ1) is 8.69. The molecule has 0 saturated heterocycles. The summed E-state index contributed by atoms with van der Waals surface area (Å²) in [5.74, 6) is 0. The van der Waals surface area contributed by atoms with Crippen LogP contribution in [-0.4, -0.2) is 43.3 Å². The van der Waals surface area contributed by atoms with Crippen LogP contribution in [0.1, 0.15) is 27.2 Å². The molecule has 1 aliphatic heterocycles. The van der Waals surface area contributed by atoms with Crippen LogP contribution in [0, 0.1) is 0 Å². The Morgan fingerprint density at radius 1 is 1.33 bits per heavy atom. The lowest BCUT2D eigenvalue weighted by atomic mass is 10.2. The zero-order chi connectivity index (χ0) is 14.0. The van der Waals surface area contributed by atoms with Crippen molar-refractivity contribution in [2.75, 3.05) is 27.2 Å². The minimum absolute atomic E-state index is 0.877. The average Bonchev–Trinajstić information content (AvgIpc) is 2.40. The van der Waals surface area contributed by atoms with Gasteiger partial charge < -0.3 is 9.80 Å². The van der Waals surface area contributed by atoms with Crippen molar-refractivity contribution in [2.24, 2.45) is 4.99 Å². The van der Waals surface area contributed by atoms with Crippen molar-refractivity contribution in [3.8, 4) is 0 Å². The molecule has 0 atom stereocenters. The molecule has 0 aromatic rings. The van der Waals surface area contributed by atoms with E-state index < -0.39 is 0 Å². The summed E-state index contributed by atoms with van der Waals surface area (Å²) in [6.45, 7) is 11.8. The lowest BCUT2D eigenvalue weighted by Crippen LogP contribution is -2.32. The van der Waals surface area contributed by atoms with Crippen molar-refractivity contribution in [2.45, 2.75) is 27.2 Å². The molecule has 0 spiro atoms. The molecule has 18 heavy (non-hydrogen) atoms. The highest BCUT2D eigenvalue weighted by atomic mass is 15.2. The maximum Gasteiger partial charge on any atom is 0.0911 e. The first-order valence-electron chi connectivity index (χ1n) is 6.62. The molecule has 102 valence electrons. The molecule has 0 saturated carbocycles. The first kappa shape index (κ1) is 16.5. The van der Waals surface area contributed by atoms with E-state index in [1.54, 1.807) is 0 Å². The molecule has 3 heteroatoms. The molecule has 0 N–H and O–H groups in total. The molecule has 0 bridgehead atoms. The number of hydrogen-bond acceptors (Lipinski definition) is 3. The Morgan fingerprint density at radius 3 is 2.56 bits per heavy atom. The van der Waals surface area contributed by atoms with Gasteiger partial charge in [-0.1, -0.05) is 32.1 Å². The molecular weight excluding hydrogens is 222 g/mol. The van der Waals surface area contributed by atoms with E-state index in [0.29, 0.717) is 0 Å². The van der Waals surface area contributed by atoms with Gasteiger partial charge in [0.05, 0.1) is 17.7 Å². The second-order valence-electron chi connectivity index (χ2n) is 3.93. The van der Waals surface area contributed by atoms with E-state index >= 15 is 0 Å². The fourth-order valence-corrected chi connectivity index (χ4v) is 1.59. The molecule has 1 rings (SSSR count). The van der Waals surface area contributed by atoms with Crippen molar-refractivity contribution < 1.29 is 0 Å². The summed E-state index contributed by atoms with van der Waals surface area (Å²) in [5.41, 5.74) is 2.21. The maximum absolute atomic E-state index is 4.49. The van der Waals surface area contributed by atoms with Crippen LogP contribution in [0.25, 0.3) is 0 Å². The summed E-state index contributed by atoms with van der Waals surface area (Å²) in [6.07, 6.45) is 8.89. The van der Waals surface area contributed by atoms with Crippen molar-refractivity contribution in [1.82, 2.24) is 9.80 Å². The van der Waals surface area contributed by atoms with Gasteiger partial charge in [-0.2, -0.15) is 0 Å². The standard InChI is InChI=1S/C13H21N3.C2H6/c1-5-7-8-13-12(6-2)14-11-15(3)9-10-16(13)4;1-2/h5-6,8,11H,1,7,9-10H2,2-4H3;1-2H3/b12-6+,13-8?,14-11?;. The highest BCUT2D eigenvalue weighted by Crippen LogP contribution is 2.17. The van der Waals surface area contributed by atoms with Gasteiger partial charge >= 0.3 is 0 Å². The number of allylic oxidation sites excluding steroid dienone is 3.